The zero-order valence-electron chi connectivity index (χ0n) is 8.13. The summed E-state index contributed by atoms with van der Waals surface area (Å²) in [5, 5.41) is 0.290. The molecule has 15 heavy (non-hydrogen) atoms. The van der Waals surface area contributed by atoms with Gasteiger partial charge in [-0.2, -0.15) is 0 Å². The minimum Gasteiger partial charge on any atom is -0.397 e. The molecule has 0 radical (unpaired) electrons. The molecule has 0 fully saturated rings. The molecule has 0 saturated carbocycles. The predicted octanol–water partition coefficient (Wildman–Crippen LogP) is 2.26. The summed E-state index contributed by atoms with van der Waals surface area (Å²) < 4.78 is 2.21. The van der Waals surface area contributed by atoms with Gasteiger partial charge in [0, 0.05) is 18.1 Å². The lowest BCUT2D eigenvalue weighted by molar-refractivity contribution is 0.759. The number of thioether (sulfide) groups is 1. The Morgan fingerprint density at radius 1 is 1.40 bits per heavy atom. The minimum atomic E-state index is 0.290. The number of fused-ring (bicyclic) bond motifs is 1. The van der Waals surface area contributed by atoms with E-state index in [2.05, 4.69) is 15.6 Å². The van der Waals surface area contributed by atoms with Gasteiger partial charge in [-0.1, -0.05) is 6.07 Å². The van der Waals surface area contributed by atoms with Gasteiger partial charge in [0.15, 0.2) is 0 Å². The van der Waals surface area contributed by atoms with Crippen LogP contribution in [-0.2, 0) is 5.75 Å². The normalized spacial score (nSPS) is 19.1. The topological polar surface area (TPSA) is 43.8 Å². The Hall–Kier alpha value is -1.42. The van der Waals surface area contributed by atoms with Gasteiger partial charge in [0.2, 0.25) is 0 Å². The first kappa shape index (κ1) is 8.85. The third-order valence-corrected chi connectivity index (χ3v) is 3.86. The molecule has 3 rings (SSSR count). The lowest BCUT2D eigenvalue weighted by Crippen LogP contribution is -2.03. The van der Waals surface area contributed by atoms with Gasteiger partial charge in [0.05, 0.1) is 17.1 Å². The molecule has 2 aromatic rings. The van der Waals surface area contributed by atoms with E-state index >= 15 is 0 Å². The fraction of sp³-hybridized carbons (Fsp3) is 0.182. The van der Waals surface area contributed by atoms with Crippen LogP contribution in [0.2, 0.25) is 0 Å². The van der Waals surface area contributed by atoms with Crippen LogP contribution >= 0.6 is 11.8 Å². The van der Waals surface area contributed by atoms with Gasteiger partial charge in [-0.15, -0.1) is 11.8 Å². The largest absolute Gasteiger partial charge is 0.397 e. The summed E-state index contributed by atoms with van der Waals surface area (Å²) in [5.41, 5.74) is 9.08. The zero-order valence-corrected chi connectivity index (χ0v) is 8.95. The summed E-state index contributed by atoms with van der Waals surface area (Å²) in [5.74, 6) is 0.972. The molecule has 1 aliphatic rings. The highest BCUT2D eigenvalue weighted by molar-refractivity contribution is 7.99. The van der Waals surface area contributed by atoms with Crippen LogP contribution in [0, 0.1) is 0 Å². The number of hydrogen-bond donors (Lipinski definition) is 1. The first-order valence-electron chi connectivity index (χ1n) is 4.84. The molecule has 2 aromatic heterocycles. The van der Waals surface area contributed by atoms with Crippen molar-refractivity contribution in [3.8, 4) is 0 Å². The van der Waals surface area contributed by atoms with Crippen LogP contribution in [-0.4, -0.2) is 9.55 Å². The van der Waals surface area contributed by atoms with E-state index in [9.17, 15) is 0 Å². The van der Waals surface area contributed by atoms with Gasteiger partial charge in [-0.3, -0.25) is 4.98 Å². The zero-order chi connectivity index (χ0) is 10.3. The minimum absolute atomic E-state index is 0.290. The number of rotatable bonds is 1. The molecule has 3 heterocycles. The third kappa shape index (κ3) is 1.33. The lowest BCUT2D eigenvalue weighted by atomic mass is 10.3. The Bertz CT molecular complexity index is 478. The Balaban J connectivity index is 2.04. The molecular weight excluding hydrogens is 206 g/mol. The predicted molar refractivity (Wildman–Crippen MR) is 62.5 cm³/mol. The Kier molecular flexibility index (Phi) is 1.95. The van der Waals surface area contributed by atoms with Crippen LogP contribution in [0.15, 0.2) is 36.7 Å². The molecule has 1 aliphatic heterocycles. The molecule has 2 N–H and O–H groups in total. The van der Waals surface area contributed by atoms with E-state index in [4.69, 9.17) is 5.73 Å². The number of nitrogens with zero attached hydrogens (tertiary/aromatic N) is 2. The number of nitrogen functional groups attached to an aromatic ring is 1. The molecule has 4 heteroatoms. The van der Waals surface area contributed by atoms with Crippen LogP contribution in [0.3, 0.4) is 0 Å². The molecule has 0 saturated heterocycles. The molecule has 0 amide bonds. The number of aromatic nitrogens is 2. The lowest BCUT2D eigenvalue weighted by Gasteiger charge is -2.11. The van der Waals surface area contributed by atoms with Crippen molar-refractivity contribution >= 4 is 17.4 Å². The van der Waals surface area contributed by atoms with Crippen molar-refractivity contribution in [2.24, 2.45) is 0 Å². The maximum absolute atomic E-state index is 5.88. The average Bonchev–Trinajstić information content (AvgIpc) is 2.83. The molecule has 76 valence electrons. The van der Waals surface area contributed by atoms with E-state index in [1.54, 1.807) is 0 Å². The van der Waals surface area contributed by atoms with Crippen molar-refractivity contribution in [2.45, 2.75) is 11.1 Å². The van der Waals surface area contributed by atoms with E-state index in [1.807, 2.05) is 42.4 Å². The van der Waals surface area contributed by atoms with Crippen LogP contribution in [0.5, 0.6) is 0 Å². The Morgan fingerprint density at radius 3 is 3.13 bits per heavy atom. The molecule has 0 aliphatic carbocycles. The molecule has 3 nitrogen and oxygen atoms in total. The van der Waals surface area contributed by atoms with E-state index in [1.165, 1.54) is 5.69 Å². The van der Waals surface area contributed by atoms with Gasteiger partial charge in [0.1, 0.15) is 5.37 Å². The molecule has 0 bridgehead atoms. The first-order valence-corrected chi connectivity index (χ1v) is 5.89. The Labute approximate surface area is 92.3 Å². The van der Waals surface area contributed by atoms with Crippen LogP contribution in [0.4, 0.5) is 5.69 Å². The van der Waals surface area contributed by atoms with Crippen molar-refractivity contribution in [1.29, 1.82) is 0 Å². The van der Waals surface area contributed by atoms with Crippen molar-refractivity contribution in [1.82, 2.24) is 9.55 Å². The first-order chi connectivity index (χ1) is 7.36. The second-order valence-corrected chi connectivity index (χ2v) is 4.61. The van der Waals surface area contributed by atoms with Crippen LogP contribution in [0.25, 0.3) is 0 Å². The van der Waals surface area contributed by atoms with Crippen molar-refractivity contribution in [2.75, 3.05) is 5.73 Å². The van der Waals surface area contributed by atoms with Crippen molar-refractivity contribution in [3.63, 3.8) is 0 Å². The van der Waals surface area contributed by atoms with Gasteiger partial charge >= 0.3 is 0 Å². The molecule has 1 unspecified atom stereocenters. The summed E-state index contributed by atoms with van der Waals surface area (Å²) in [4.78, 5) is 4.39. The number of nitrogens with two attached hydrogens (primary N) is 1. The van der Waals surface area contributed by atoms with Gasteiger partial charge in [-0.05, 0) is 18.2 Å². The highest BCUT2D eigenvalue weighted by Crippen LogP contribution is 2.41. The van der Waals surface area contributed by atoms with E-state index in [0.29, 0.717) is 5.37 Å². The summed E-state index contributed by atoms with van der Waals surface area (Å²) >= 11 is 1.87. The van der Waals surface area contributed by atoms with Crippen molar-refractivity contribution in [3.05, 3.63) is 48.0 Å². The maximum atomic E-state index is 5.88. The van der Waals surface area contributed by atoms with Crippen LogP contribution in [0.1, 0.15) is 16.8 Å². The summed E-state index contributed by atoms with van der Waals surface area (Å²) in [6.45, 7) is 0. The Morgan fingerprint density at radius 2 is 2.33 bits per heavy atom. The average molecular weight is 217 g/mol. The molecule has 1 atom stereocenters. The SMILES string of the molecule is Nc1ccn2c1CSC2c1ccccn1. The molecular formula is C11H11N3S. The van der Waals surface area contributed by atoms with Crippen LogP contribution < -0.4 is 5.73 Å². The molecule has 0 aromatic carbocycles. The van der Waals surface area contributed by atoms with Gasteiger partial charge in [0.25, 0.3) is 0 Å². The highest BCUT2D eigenvalue weighted by atomic mass is 32.2. The standard InChI is InChI=1S/C11H11N3S/c12-8-4-6-14-10(8)7-15-11(14)9-3-1-2-5-13-9/h1-6,11H,7,12H2. The summed E-state index contributed by atoms with van der Waals surface area (Å²) in [6.07, 6.45) is 3.88. The monoisotopic (exact) mass is 217 g/mol. The third-order valence-electron chi connectivity index (χ3n) is 2.63. The van der Waals surface area contributed by atoms with Gasteiger partial charge in [-0.25, -0.2) is 0 Å². The maximum Gasteiger partial charge on any atom is 0.122 e. The fourth-order valence-electron chi connectivity index (χ4n) is 1.86. The van der Waals surface area contributed by atoms with E-state index < -0.39 is 0 Å². The quantitative estimate of drug-likeness (QED) is 0.796. The second kappa shape index (κ2) is 3.31. The van der Waals surface area contributed by atoms with Crippen molar-refractivity contribution < 1.29 is 0 Å². The number of anilines is 1. The highest BCUT2D eigenvalue weighted by Gasteiger charge is 2.25. The smallest absolute Gasteiger partial charge is 0.122 e. The second-order valence-electron chi connectivity index (χ2n) is 3.54. The van der Waals surface area contributed by atoms with E-state index in [0.717, 1.165) is 17.1 Å². The van der Waals surface area contributed by atoms with Gasteiger partial charge < -0.3 is 10.3 Å². The fourth-order valence-corrected chi connectivity index (χ4v) is 3.16. The molecule has 0 spiro atoms. The summed E-state index contributed by atoms with van der Waals surface area (Å²) in [6, 6.07) is 7.98. The number of hydrogen-bond acceptors (Lipinski definition) is 3. The number of pyridine rings is 1. The summed E-state index contributed by atoms with van der Waals surface area (Å²) in [7, 11) is 0. The van der Waals surface area contributed by atoms with E-state index in [-0.39, 0.29) is 0 Å².